The van der Waals surface area contributed by atoms with Gasteiger partial charge < -0.3 is 9.47 Å². The van der Waals surface area contributed by atoms with Crippen LogP contribution >= 0.6 is 0 Å². The third-order valence-corrected chi connectivity index (χ3v) is 3.46. The summed E-state index contributed by atoms with van der Waals surface area (Å²) >= 11 is 0. The average molecular weight is 324 g/mol. The first-order valence-corrected chi connectivity index (χ1v) is 7.54. The SMILES string of the molecule is C=C(C)C(=O)OC1(OC(=O)C(=C)C)C=CC(c2ccccc2)C=C1. The van der Waals surface area contributed by atoms with Crippen LogP contribution in [0.3, 0.4) is 0 Å². The van der Waals surface area contributed by atoms with E-state index in [9.17, 15) is 9.59 Å². The highest BCUT2D eigenvalue weighted by Crippen LogP contribution is 2.30. The van der Waals surface area contributed by atoms with Crippen LogP contribution in [0, 0.1) is 0 Å². The molecule has 0 unspecified atom stereocenters. The van der Waals surface area contributed by atoms with Crippen LogP contribution in [0.2, 0.25) is 0 Å². The van der Waals surface area contributed by atoms with Crippen LogP contribution in [0.4, 0.5) is 0 Å². The monoisotopic (exact) mass is 324 g/mol. The minimum absolute atomic E-state index is 0.00591. The predicted octanol–water partition coefficient (Wildman–Crippen LogP) is 3.83. The van der Waals surface area contributed by atoms with Gasteiger partial charge in [-0.2, -0.15) is 0 Å². The predicted molar refractivity (Wildman–Crippen MR) is 92.0 cm³/mol. The summed E-state index contributed by atoms with van der Waals surface area (Å²) < 4.78 is 10.7. The lowest BCUT2D eigenvalue weighted by Gasteiger charge is -2.30. The van der Waals surface area contributed by atoms with E-state index >= 15 is 0 Å². The van der Waals surface area contributed by atoms with Gasteiger partial charge in [0.25, 0.3) is 5.79 Å². The molecule has 1 aromatic carbocycles. The van der Waals surface area contributed by atoms with Crippen molar-refractivity contribution in [2.45, 2.75) is 25.6 Å². The van der Waals surface area contributed by atoms with E-state index in [1.54, 1.807) is 12.2 Å². The number of carbonyl (C=O) groups excluding carboxylic acids is 2. The zero-order valence-corrected chi connectivity index (χ0v) is 13.8. The van der Waals surface area contributed by atoms with E-state index in [1.165, 1.54) is 13.8 Å². The highest BCUT2D eigenvalue weighted by atomic mass is 16.7. The van der Waals surface area contributed by atoms with Crippen molar-refractivity contribution in [2.24, 2.45) is 0 Å². The standard InChI is InChI=1S/C20H20O4/c1-14(2)18(21)23-20(24-19(22)15(3)4)12-10-17(11-13-20)16-8-6-5-7-9-16/h5-13,17H,1,3H2,2,4H3. The fourth-order valence-electron chi connectivity index (χ4n) is 2.11. The zero-order valence-electron chi connectivity index (χ0n) is 13.8. The van der Waals surface area contributed by atoms with Crippen LogP contribution in [0.1, 0.15) is 25.3 Å². The fraction of sp³-hybridized carbons (Fsp3) is 0.200. The maximum atomic E-state index is 11.9. The molecule has 0 aromatic heterocycles. The van der Waals surface area contributed by atoms with E-state index in [0.29, 0.717) is 0 Å². The Morgan fingerprint density at radius 3 is 1.79 bits per heavy atom. The number of benzene rings is 1. The highest BCUT2D eigenvalue weighted by Gasteiger charge is 2.36. The Hall–Kier alpha value is -2.88. The van der Waals surface area contributed by atoms with Crippen molar-refractivity contribution in [3.8, 4) is 0 Å². The molecule has 0 aliphatic heterocycles. The molecule has 0 radical (unpaired) electrons. The maximum absolute atomic E-state index is 11.9. The lowest BCUT2D eigenvalue weighted by molar-refractivity contribution is -0.192. The second kappa shape index (κ2) is 7.13. The molecular weight excluding hydrogens is 304 g/mol. The normalized spacial score (nSPS) is 15.6. The molecule has 4 nitrogen and oxygen atoms in total. The van der Waals surface area contributed by atoms with Gasteiger partial charge in [-0.3, -0.25) is 0 Å². The summed E-state index contributed by atoms with van der Waals surface area (Å²) in [4.78, 5) is 23.8. The summed E-state index contributed by atoms with van der Waals surface area (Å²) in [6, 6.07) is 9.81. The third kappa shape index (κ3) is 4.10. The first kappa shape index (κ1) is 17.5. The molecule has 1 aliphatic rings. The molecule has 0 N–H and O–H groups in total. The van der Waals surface area contributed by atoms with Gasteiger partial charge in [-0.1, -0.05) is 55.6 Å². The van der Waals surface area contributed by atoms with Crippen LogP contribution in [0.25, 0.3) is 0 Å². The van der Waals surface area contributed by atoms with Crippen molar-refractivity contribution in [1.82, 2.24) is 0 Å². The minimum Gasteiger partial charge on any atom is -0.411 e. The number of ether oxygens (including phenoxy) is 2. The van der Waals surface area contributed by atoms with Gasteiger partial charge in [0.15, 0.2) is 0 Å². The summed E-state index contributed by atoms with van der Waals surface area (Å²) in [5.74, 6) is -2.86. The quantitative estimate of drug-likeness (QED) is 0.357. The second-order valence-corrected chi connectivity index (χ2v) is 5.72. The van der Waals surface area contributed by atoms with E-state index in [0.717, 1.165) is 5.56 Å². The van der Waals surface area contributed by atoms with Crippen molar-refractivity contribution in [2.75, 3.05) is 0 Å². The summed E-state index contributed by atoms with van der Waals surface area (Å²) in [6.07, 6.45) is 6.78. The van der Waals surface area contributed by atoms with Gasteiger partial charge in [-0.05, 0) is 19.4 Å². The third-order valence-electron chi connectivity index (χ3n) is 3.46. The van der Waals surface area contributed by atoms with Gasteiger partial charge in [0, 0.05) is 29.2 Å². The number of rotatable bonds is 5. The summed E-state index contributed by atoms with van der Waals surface area (Å²) in [5, 5.41) is 0. The van der Waals surface area contributed by atoms with E-state index in [1.807, 2.05) is 42.5 Å². The van der Waals surface area contributed by atoms with Crippen molar-refractivity contribution < 1.29 is 19.1 Å². The topological polar surface area (TPSA) is 52.6 Å². The van der Waals surface area contributed by atoms with E-state index in [-0.39, 0.29) is 17.1 Å². The Bertz CT molecular complexity index is 681. The maximum Gasteiger partial charge on any atom is 0.336 e. The number of hydrogen-bond acceptors (Lipinski definition) is 4. The fourth-order valence-corrected chi connectivity index (χ4v) is 2.11. The van der Waals surface area contributed by atoms with Crippen LogP contribution in [-0.4, -0.2) is 17.7 Å². The number of carbonyl (C=O) groups is 2. The van der Waals surface area contributed by atoms with Gasteiger partial charge in [-0.25, -0.2) is 9.59 Å². The molecule has 2 rings (SSSR count). The molecule has 1 aromatic rings. The van der Waals surface area contributed by atoms with Crippen molar-refractivity contribution in [3.63, 3.8) is 0 Å². The minimum atomic E-state index is -1.59. The molecule has 24 heavy (non-hydrogen) atoms. The Morgan fingerprint density at radius 2 is 1.38 bits per heavy atom. The van der Waals surface area contributed by atoms with Gasteiger partial charge in [0.05, 0.1) is 0 Å². The number of allylic oxidation sites excluding steroid dienone is 2. The van der Waals surface area contributed by atoms with Crippen LogP contribution in [-0.2, 0) is 19.1 Å². The van der Waals surface area contributed by atoms with Gasteiger partial charge in [-0.15, -0.1) is 0 Å². The number of esters is 2. The summed E-state index contributed by atoms with van der Waals surface area (Å²) in [6.45, 7) is 10.2. The molecule has 0 saturated carbocycles. The zero-order chi connectivity index (χ0) is 17.7. The van der Waals surface area contributed by atoms with Crippen LogP contribution < -0.4 is 0 Å². The Balaban J connectivity index is 2.27. The van der Waals surface area contributed by atoms with Gasteiger partial charge in [0.1, 0.15) is 0 Å². The summed E-state index contributed by atoms with van der Waals surface area (Å²) in [7, 11) is 0. The molecule has 124 valence electrons. The molecule has 0 heterocycles. The van der Waals surface area contributed by atoms with E-state index in [2.05, 4.69) is 13.2 Å². The lowest BCUT2D eigenvalue weighted by atomic mass is 9.93. The van der Waals surface area contributed by atoms with Gasteiger partial charge >= 0.3 is 11.9 Å². The summed E-state index contributed by atoms with van der Waals surface area (Å²) in [5.41, 5.74) is 1.51. The Morgan fingerprint density at radius 1 is 0.917 bits per heavy atom. The molecule has 1 aliphatic carbocycles. The lowest BCUT2D eigenvalue weighted by Crippen LogP contribution is -2.38. The Labute approximate surface area is 141 Å². The van der Waals surface area contributed by atoms with Crippen LogP contribution in [0.15, 0.2) is 78.9 Å². The van der Waals surface area contributed by atoms with E-state index < -0.39 is 17.7 Å². The first-order chi connectivity index (χ1) is 11.3. The highest BCUT2D eigenvalue weighted by molar-refractivity contribution is 5.89. The smallest absolute Gasteiger partial charge is 0.336 e. The van der Waals surface area contributed by atoms with Crippen molar-refractivity contribution in [3.05, 3.63) is 84.5 Å². The van der Waals surface area contributed by atoms with Crippen LogP contribution in [0.5, 0.6) is 0 Å². The molecule has 0 spiro atoms. The second-order valence-electron chi connectivity index (χ2n) is 5.72. The Kier molecular flexibility index (Phi) is 5.19. The number of hydrogen-bond donors (Lipinski definition) is 0. The molecule has 0 fully saturated rings. The van der Waals surface area contributed by atoms with Crippen molar-refractivity contribution >= 4 is 11.9 Å². The molecule has 4 heteroatoms. The average Bonchev–Trinajstić information content (AvgIpc) is 2.56. The molecular formula is C20H20O4. The first-order valence-electron chi connectivity index (χ1n) is 7.54. The van der Waals surface area contributed by atoms with Crippen molar-refractivity contribution in [1.29, 1.82) is 0 Å². The van der Waals surface area contributed by atoms with E-state index in [4.69, 9.17) is 9.47 Å². The molecule has 0 saturated heterocycles. The molecule has 0 amide bonds. The van der Waals surface area contributed by atoms with Gasteiger partial charge in [0.2, 0.25) is 0 Å². The molecule has 0 atom stereocenters. The molecule has 0 bridgehead atoms. The largest absolute Gasteiger partial charge is 0.411 e.